The summed E-state index contributed by atoms with van der Waals surface area (Å²) in [5, 5.41) is 13.5. The van der Waals surface area contributed by atoms with Gasteiger partial charge in [0.2, 0.25) is 5.95 Å². The van der Waals surface area contributed by atoms with Crippen LogP contribution in [0.4, 0.5) is 24.5 Å². The summed E-state index contributed by atoms with van der Waals surface area (Å²) >= 11 is 0.870. The van der Waals surface area contributed by atoms with Gasteiger partial charge in [0.25, 0.3) is 0 Å². The van der Waals surface area contributed by atoms with Crippen molar-refractivity contribution in [3.8, 4) is 17.3 Å². The first kappa shape index (κ1) is 28.8. The number of carbonyl (C=O) groups is 1. The van der Waals surface area contributed by atoms with E-state index in [1.165, 1.54) is 0 Å². The number of halogens is 2. The Labute approximate surface area is 256 Å². The fourth-order valence-corrected chi connectivity index (χ4v) is 7.45. The van der Waals surface area contributed by atoms with Gasteiger partial charge in [-0.05, 0) is 65.3 Å². The van der Waals surface area contributed by atoms with E-state index in [-0.39, 0.29) is 56.2 Å². The van der Waals surface area contributed by atoms with Crippen molar-refractivity contribution in [1.29, 1.82) is 5.26 Å². The van der Waals surface area contributed by atoms with Gasteiger partial charge in [-0.1, -0.05) is 0 Å². The lowest BCUT2D eigenvalue weighted by molar-refractivity contribution is 0.0636. The van der Waals surface area contributed by atoms with Gasteiger partial charge in [0.05, 0.1) is 35.4 Å². The van der Waals surface area contributed by atoms with Gasteiger partial charge in [0.15, 0.2) is 11.6 Å². The standard InChI is InChI=1S/C31H31F2N7O3S/c1-30(2,3)43-29(41)38-27-16(9-34)22-25(35-11-20(32)26(22)44-27)21-19-14-42-13-18(19)17-10-36-28(37-24(17)23(21)33)40-12-15(39(4)5)8-31(40)6-7-31/h10-11,15H,6-8,12-14H2,1-5H3,(H,38,41). The zero-order valence-corrected chi connectivity index (χ0v) is 25.9. The second kappa shape index (κ2) is 10.0. The first-order valence-electron chi connectivity index (χ1n) is 14.4. The van der Waals surface area contributed by atoms with Crippen LogP contribution in [0.15, 0.2) is 12.4 Å². The average Bonchev–Trinajstić information content (AvgIpc) is 3.27. The fraction of sp³-hybridized carbons (Fsp3) is 0.452. The molecule has 228 valence electrons. The van der Waals surface area contributed by atoms with E-state index in [2.05, 4.69) is 40.3 Å². The number of pyridine rings is 1. The van der Waals surface area contributed by atoms with Gasteiger partial charge in [-0.25, -0.2) is 23.5 Å². The van der Waals surface area contributed by atoms with E-state index in [4.69, 9.17) is 19.4 Å². The lowest BCUT2D eigenvalue weighted by atomic mass is 9.94. The number of hydrogen-bond acceptors (Lipinski definition) is 10. The number of hydrogen-bond donors (Lipinski definition) is 1. The fourth-order valence-electron chi connectivity index (χ4n) is 6.41. The molecule has 3 aliphatic rings. The topological polar surface area (TPSA) is 116 Å². The van der Waals surface area contributed by atoms with E-state index in [1.807, 2.05) is 0 Å². The van der Waals surface area contributed by atoms with Gasteiger partial charge in [-0.2, -0.15) is 5.26 Å². The van der Waals surface area contributed by atoms with E-state index in [1.54, 1.807) is 27.0 Å². The molecule has 5 heterocycles. The molecule has 1 amide bonds. The van der Waals surface area contributed by atoms with Gasteiger partial charge in [0, 0.05) is 40.7 Å². The van der Waals surface area contributed by atoms with Crippen molar-refractivity contribution >= 4 is 49.4 Å². The number of nitriles is 1. The summed E-state index contributed by atoms with van der Waals surface area (Å²) in [5.41, 5.74) is 0.763. The van der Waals surface area contributed by atoms with E-state index >= 15 is 8.78 Å². The van der Waals surface area contributed by atoms with Crippen LogP contribution in [-0.2, 0) is 22.7 Å². The minimum absolute atomic E-state index is 0.0116. The van der Waals surface area contributed by atoms with Crippen LogP contribution < -0.4 is 10.2 Å². The third-order valence-electron chi connectivity index (χ3n) is 8.70. The van der Waals surface area contributed by atoms with Crippen LogP contribution in [0, 0.1) is 23.0 Å². The van der Waals surface area contributed by atoms with Gasteiger partial charge in [0.1, 0.15) is 22.2 Å². The summed E-state index contributed by atoms with van der Waals surface area (Å²) in [6, 6.07) is 2.41. The van der Waals surface area contributed by atoms with Crippen LogP contribution in [0.25, 0.3) is 32.2 Å². The predicted molar refractivity (Wildman–Crippen MR) is 163 cm³/mol. The van der Waals surface area contributed by atoms with Crippen molar-refractivity contribution in [1.82, 2.24) is 19.9 Å². The van der Waals surface area contributed by atoms with E-state index < -0.39 is 23.3 Å². The lowest BCUT2D eigenvalue weighted by Crippen LogP contribution is -2.34. The molecule has 3 aromatic heterocycles. The average molecular weight is 620 g/mol. The summed E-state index contributed by atoms with van der Waals surface area (Å²) < 4.78 is 43.3. The van der Waals surface area contributed by atoms with Crippen molar-refractivity contribution in [2.75, 3.05) is 30.9 Å². The van der Waals surface area contributed by atoms with Crippen LogP contribution in [0.2, 0.25) is 0 Å². The number of likely N-dealkylation sites (N-methyl/N-ethyl adjacent to an activating group) is 1. The van der Waals surface area contributed by atoms with Crippen LogP contribution in [0.1, 0.15) is 56.7 Å². The van der Waals surface area contributed by atoms with Crippen LogP contribution in [-0.4, -0.2) is 63.8 Å². The SMILES string of the molecule is CN(C)C1CN(c2ncc3c4c(c(-c5ncc(F)c6sc(NC(=O)OC(C)(C)C)c(C#N)c56)c(F)c3n2)COC4)C2(CC2)C1. The number of aromatic nitrogens is 3. The molecule has 2 fully saturated rings. The van der Waals surface area contributed by atoms with E-state index in [0.717, 1.165) is 48.9 Å². The molecule has 1 N–H and O–H groups in total. The van der Waals surface area contributed by atoms with Crippen molar-refractivity contribution in [2.45, 2.75) is 70.4 Å². The molecule has 0 radical (unpaired) electrons. The minimum atomic E-state index is -0.794. The number of ether oxygens (including phenoxy) is 2. The maximum absolute atomic E-state index is 16.9. The lowest BCUT2D eigenvalue weighted by Gasteiger charge is -2.25. The highest BCUT2D eigenvalue weighted by atomic mass is 32.1. The monoisotopic (exact) mass is 619 g/mol. The molecule has 1 spiro atoms. The Kier molecular flexibility index (Phi) is 6.55. The van der Waals surface area contributed by atoms with Crippen molar-refractivity contribution in [3.63, 3.8) is 0 Å². The molecular weight excluding hydrogens is 588 g/mol. The molecule has 1 saturated carbocycles. The van der Waals surface area contributed by atoms with Gasteiger partial charge < -0.3 is 19.3 Å². The third kappa shape index (κ3) is 4.55. The summed E-state index contributed by atoms with van der Waals surface area (Å²) in [5.74, 6) is -0.865. The predicted octanol–water partition coefficient (Wildman–Crippen LogP) is 6.11. The molecule has 1 aromatic carbocycles. The Hall–Kier alpha value is -3.99. The molecule has 10 nitrogen and oxygen atoms in total. The number of carbonyl (C=O) groups excluding carboxylic acids is 1. The van der Waals surface area contributed by atoms with Crippen LogP contribution in [0.5, 0.6) is 0 Å². The van der Waals surface area contributed by atoms with Crippen LogP contribution in [0.3, 0.4) is 0 Å². The molecule has 1 saturated heterocycles. The molecule has 0 bridgehead atoms. The molecule has 1 unspecified atom stereocenters. The highest BCUT2D eigenvalue weighted by Crippen LogP contribution is 2.52. The first-order chi connectivity index (χ1) is 20.9. The normalized spacial score (nSPS) is 18.8. The van der Waals surface area contributed by atoms with Crippen molar-refractivity contribution < 1.29 is 23.0 Å². The molecule has 2 aliphatic heterocycles. The summed E-state index contributed by atoms with van der Waals surface area (Å²) in [6.07, 6.45) is 4.95. The number of anilines is 2. The zero-order chi connectivity index (χ0) is 31.1. The summed E-state index contributed by atoms with van der Waals surface area (Å²) in [4.78, 5) is 30.8. The minimum Gasteiger partial charge on any atom is -0.444 e. The second-order valence-corrected chi connectivity index (χ2v) is 14.0. The van der Waals surface area contributed by atoms with E-state index in [9.17, 15) is 10.1 Å². The zero-order valence-electron chi connectivity index (χ0n) is 25.0. The van der Waals surface area contributed by atoms with E-state index in [0.29, 0.717) is 22.9 Å². The molecule has 13 heteroatoms. The molecule has 7 rings (SSSR count). The summed E-state index contributed by atoms with van der Waals surface area (Å²) in [7, 11) is 4.12. The number of amides is 1. The molecule has 1 atom stereocenters. The quantitative estimate of drug-likeness (QED) is 0.289. The summed E-state index contributed by atoms with van der Waals surface area (Å²) in [6.45, 7) is 6.20. The Balaban J connectivity index is 1.40. The highest BCUT2D eigenvalue weighted by molar-refractivity contribution is 7.23. The van der Waals surface area contributed by atoms with Crippen molar-refractivity contribution in [2.24, 2.45) is 0 Å². The molecule has 1 aliphatic carbocycles. The first-order valence-corrected chi connectivity index (χ1v) is 15.3. The molecular formula is C31H31F2N7O3S. The third-order valence-corrected chi connectivity index (χ3v) is 9.81. The Morgan fingerprint density at radius 2 is 1.98 bits per heavy atom. The Morgan fingerprint density at radius 3 is 2.66 bits per heavy atom. The number of nitrogens with zero attached hydrogens (tertiary/aromatic N) is 6. The number of thiophene rings is 1. The van der Waals surface area contributed by atoms with Gasteiger partial charge in [-0.3, -0.25) is 10.3 Å². The number of benzene rings is 1. The number of rotatable bonds is 4. The van der Waals surface area contributed by atoms with Crippen molar-refractivity contribution in [3.05, 3.63) is 40.7 Å². The maximum Gasteiger partial charge on any atom is 0.412 e. The largest absolute Gasteiger partial charge is 0.444 e. The maximum atomic E-state index is 16.9. The van der Waals surface area contributed by atoms with Gasteiger partial charge in [-0.15, -0.1) is 11.3 Å². The van der Waals surface area contributed by atoms with Crippen LogP contribution >= 0.6 is 11.3 Å². The molecule has 4 aromatic rings. The highest BCUT2D eigenvalue weighted by Gasteiger charge is 2.55. The Bertz CT molecular complexity index is 1910. The number of nitrogens with one attached hydrogen (secondary N) is 1. The Morgan fingerprint density at radius 1 is 1.23 bits per heavy atom. The number of fused-ring (bicyclic) bond motifs is 4. The second-order valence-electron chi connectivity index (χ2n) is 12.9. The molecule has 44 heavy (non-hydrogen) atoms. The smallest absolute Gasteiger partial charge is 0.412 e. The van der Waals surface area contributed by atoms with Gasteiger partial charge >= 0.3 is 6.09 Å².